The number of aliphatic hydroxyl groups is 7. The number of anilines is 1. The van der Waals surface area contributed by atoms with Crippen LogP contribution in [0.15, 0.2) is 89.8 Å². The first-order valence-electron chi connectivity index (χ1n) is 33.5. The molecule has 4 aromatic rings. The van der Waals surface area contributed by atoms with Crippen molar-refractivity contribution in [2.75, 3.05) is 64.7 Å². The van der Waals surface area contributed by atoms with Gasteiger partial charge in [0.15, 0.2) is 28.7 Å². The van der Waals surface area contributed by atoms with Crippen molar-refractivity contribution < 1.29 is 78.6 Å². The normalized spacial score (nSPS) is 31.6. The predicted octanol–water partition coefficient (Wildman–Crippen LogP) is 0.0909. The third kappa shape index (κ3) is 13.0. The smallest absolute Gasteiger partial charge is 0.242 e. The van der Waals surface area contributed by atoms with Crippen molar-refractivity contribution in [3.63, 3.8) is 0 Å². The van der Waals surface area contributed by atoms with Crippen molar-refractivity contribution in [2.45, 2.75) is 156 Å². The number of hydrogen-bond donors (Lipinski definition) is 15. The SMILES string of the molecule is CNCc1cc2cc(c1)[C@@H](CCO)[C@@H](O)[C@H](C1=CCNC(N)=C1CNC1CCCC1)CO[C@@H]1[C@H]3Oc4c(cc5c(c4OC[C@H](O)CC=O)C(=O)c4cc(CO)ccc4C5=O)[C@H](c4ccccc4N4CN[C@H]5C(=O)N[C@H](N)N[C@@H]54)[C@@H]4CC[C@@H](O)[C@H](C#C[C@](O)([C@H](COC4)O3)[C@H]1O)C2. The number of aliphatic hydroxyl groups excluding tert-OH is 6. The molecule has 0 spiro atoms. The minimum atomic E-state index is -2.58. The molecule has 96 heavy (non-hydrogen) atoms. The van der Waals surface area contributed by atoms with Crippen LogP contribution in [0.1, 0.15) is 128 Å². The Hall–Kier alpha value is -7.20. The van der Waals surface area contributed by atoms with E-state index in [0.717, 1.165) is 36.8 Å². The van der Waals surface area contributed by atoms with Crippen LogP contribution in [0.3, 0.4) is 0 Å². The second-order valence-electron chi connectivity index (χ2n) is 26.9. The van der Waals surface area contributed by atoms with Crippen LogP contribution in [-0.2, 0) is 43.4 Å². The van der Waals surface area contributed by atoms with Gasteiger partial charge in [0.1, 0.15) is 55.5 Å². The third-order valence-electron chi connectivity index (χ3n) is 20.8. The summed E-state index contributed by atoms with van der Waals surface area (Å²) >= 11 is 0. The van der Waals surface area contributed by atoms with Crippen molar-refractivity contribution in [1.82, 2.24) is 31.9 Å². The first-order valence-corrected chi connectivity index (χ1v) is 33.5. The molecule has 16 atom stereocenters. The Morgan fingerprint density at radius 2 is 1.75 bits per heavy atom. The number of aldehydes is 1. The van der Waals surface area contributed by atoms with Crippen molar-refractivity contribution in [2.24, 2.45) is 29.2 Å². The molecule has 1 amide bonds. The zero-order valence-electron chi connectivity index (χ0n) is 53.6. The Labute approximate surface area is 556 Å². The van der Waals surface area contributed by atoms with Gasteiger partial charge < -0.3 is 96.1 Å². The highest BCUT2D eigenvalue weighted by molar-refractivity contribution is 6.29. The number of ketones is 2. The third-order valence-corrected chi connectivity index (χ3v) is 20.8. The minimum absolute atomic E-state index is 0.0211. The van der Waals surface area contributed by atoms with Gasteiger partial charge in [0, 0.05) is 90.0 Å². The first kappa shape index (κ1) is 67.4. The molecule has 1 saturated carbocycles. The molecule has 4 fully saturated rings. The van der Waals surface area contributed by atoms with Gasteiger partial charge in [-0.2, -0.15) is 0 Å². The summed E-state index contributed by atoms with van der Waals surface area (Å²) in [5.74, 6) is -0.162. The number of nitrogens with zero attached hydrogens (tertiary/aromatic N) is 1. The maximum absolute atomic E-state index is 15.7. The highest BCUT2D eigenvalue weighted by Gasteiger charge is 2.58. The Kier molecular flexibility index (Phi) is 20.1. The molecule has 3 saturated heterocycles. The number of rotatable bonds is 16. The van der Waals surface area contributed by atoms with E-state index < -0.39 is 141 Å². The van der Waals surface area contributed by atoms with E-state index in [9.17, 15) is 45.3 Å². The Bertz CT molecular complexity index is 3740. The van der Waals surface area contributed by atoms with Crippen LogP contribution in [0.4, 0.5) is 5.69 Å². The van der Waals surface area contributed by atoms with Gasteiger partial charge >= 0.3 is 0 Å². The quantitative estimate of drug-likeness (QED) is 0.0460. The summed E-state index contributed by atoms with van der Waals surface area (Å²) in [6.07, 6.45) is -6.55. The Morgan fingerprint density at radius 3 is 2.54 bits per heavy atom. The number of dihydropyridines is 1. The molecule has 17 N–H and O–H groups in total. The maximum Gasteiger partial charge on any atom is 0.242 e. The lowest BCUT2D eigenvalue weighted by Crippen LogP contribution is -2.70. The fourth-order valence-corrected chi connectivity index (χ4v) is 15.9. The van der Waals surface area contributed by atoms with Gasteiger partial charge in [-0.05, 0) is 109 Å². The average molecular weight is 1320 g/mol. The summed E-state index contributed by atoms with van der Waals surface area (Å²) < 4.78 is 35.1. The number of carbonyl (C=O) groups excluding carboxylic acids is 4. The number of fused-ring (bicyclic) bond motifs is 13. The monoisotopic (exact) mass is 1320 g/mol. The second kappa shape index (κ2) is 28.7. The van der Waals surface area contributed by atoms with Crippen molar-refractivity contribution in [1.29, 1.82) is 0 Å². The molecule has 8 bridgehead atoms. The number of nitrogens with two attached hydrogens (primary N) is 2. The fraction of sp³-hybridized carbons (Fsp3) is 0.521. The van der Waals surface area contributed by atoms with E-state index in [2.05, 4.69) is 43.7 Å². The summed E-state index contributed by atoms with van der Waals surface area (Å²) in [6.45, 7) is -1.30. The molecule has 512 valence electrons. The lowest BCUT2D eigenvalue weighted by atomic mass is 9.74. The Balaban J connectivity index is 1.07. The number of hydrogen-bond acceptors (Lipinski definition) is 24. The van der Waals surface area contributed by atoms with Gasteiger partial charge in [-0.3, -0.25) is 30.8 Å². The second-order valence-corrected chi connectivity index (χ2v) is 26.9. The molecule has 0 radical (unpaired) electrons. The summed E-state index contributed by atoms with van der Waals surface area (Å²) in [4.78, 5) is 58.9. The van der Waals surface area contributed by atoms with Crippen LogP contribution < -0.4 is 57.7 Å². The number of benzene rings is 4. The van der Waals surface area contributed by atoms with Gasteiger partial charge in [-0.15, -0.1) is 0 Å². The highest BCUT2D eigenvalue weighted by Crippen LogP contribution is 2.53. The van der Waals surface area contributed by atoms with Gasteiger partial charge in [-0.1, -0.05) is 73.2 Å². The average Bonchev–Trinajstić information content (AvgIpc) is 0.862. The van der Waals surface area contributed by atoms with Crippen molar-refractivity contribution >= 4 is 29.4 Å². The van der Waals surface area contributed by atoms with E-state index in [4.69, 9.17) is 35.2 Å². The molecule has 13 rings (SSSR count). The van der Waals surface area contributed by atoms with E-state index in [-0.39, 0.29) is 103 Å². The number of carbonyl (C=O) groups is 4. The standard InChI is InChI=1S/C71H87N9O16/c1-74-28-38-22-37-23-39-14-18-71(91)55-34-92-31-40(11-13-54(39)85)56(47-8-4-5-9-53(47)80-35-77-58-67(80)78-70(73)79-68(58)90)50-27-49-57(61(88)48-26-36(30-83)10-12-46(48)60(49)87)63(93-32-43(84)16-20-81)62(50)96-69(95-55)64(65(71)89)94-33-52(59(86)44(17-21-82)41(24-37)25-38)45-15-19-75-66(72)51(45)29-76-42-6-2-3-7-42/h4-5,8-10,12,15,20,22,24-27,39-40,42-44,52,54-56,58-59,64-65,67,69-70,74-78,82-86,89,91H,2-3,6-7,11,13,16-17,19,21,23,28-35,72-73H2,1H3,(H,79,90)/t39-,40-,43-,44-,52+,54-,55+,56+,58-,59-,64+,65+,67-,69-,70-,71+/m1/s1. The van der Waals surface area contributed by atoms with Crippen molar-refractivity contribution in [3.05, 3.63) is 145 Å². The molecule has 2 aliphatic carbocycles. The van der Waals surface area contributed by atoms with E-state index in [0.29, 0.717) is 58.7 Å². The topological polar surface area (TPSA) is 384 Å². The van der Waals surface area contributed by atoms with Crippen LogP contribution >= 0.6 is 0 Å². The summed E-state index contributed by atoms with van der Waals surface area (Å²) in [5, 5.41) is 106. The number of amides is 1. The van der Waals surface area contributed by atoms with E-state index in [1.165, 1.54) is 12.1 Å². The van der Waals surface area contributed by atoms with E-state index in [1.807, 2.05) is 60.5 Å². The largest absolute Gasteiger partial charge is 0.486 e. The zero-order chi connectivity index (χ0) is 67.1. The van der Waals surface area contributed by atoms with Crippen LogP contribution in [0.25, 0.3) is 0 Å². The lowest BCUT2D eigenvalue weighted by Gasteiger charge is -2.47. The zero-order valence-corrected chi connectivity index (χ0v) is 53.6. The molecule has 0 unspecified atom stereocenters. The molecule has 7 aliphatic heterocycles. The molecule has 25 heteroatoms. The number of para-hydroxylation sites is 1. The number of ether oxygens (including phenoxy) is 5. The summed E-state index contributed by atoms with van der Waals surface area (Å²) in [6, 6.07) is 18.8. The summed E-state index contributed by atoms with van der Waals surface area (Å²) in [5.41, 5.74) is 15.5. The lowest BCUT2D eigenvalue weighted by molar-refractivity contribution is -0.310. The van der Waals surface area contributed by atoms with Gasteiger partial charge in [0.05, 0.1) is 62.9 Å². The van der Waals surface area contributed by atoms with Crippen molar-refractivity contribution in [3.8, 4) is 23.3 Å². The van der Waals surface area contributed by atoms with Crippen LogP contribution in [0.2, 0.25) is 0 Å². The summed E-state index contributed by atoms with van der Waals surface area (Å²) in [7, 11) is 1.82. The highest BCUT2D eigenvalue weighted by atomic mass is 16.7. The van der Waals surface area contributed by atoms with Crippen LogP contribution in [-0.4, -0.2) is 192 Å². The first-order chi connectivity index (χ1) is 46.5. The molecular weight excluding hydrogens is 1230 g/mol. The molecule has 7 heterocycles. The van der Waals surface area contributed by atoms with Gasteiger partial charge in [0.2, 0.25) is 12.2 Å². The van der Waals surface area contributed by atoms with Gasteiger partial charge in [0.25, 0.3) is 0 Å². The van der Waals surface area contributed by atoms with Crippen LogP contribution in [0.5, 0.6) is 11.5 Å². The molecule has 0 aromatic heterocycles. The maximum atomic E-state index is 15.7. The predicted molar refractivity (Wildman–Crippen MR) is 349 cm³/mol. The molecule has 4 aromatic carbocycles. The fourth-order valence-electron chi connectivity index (χ4n) is 15.9. The minimum Gasteiger partial charge on any atom is -0.486 e. The Morgan fingerprint density at radius 1 is 0.927 bits per heavy atom. The molecular formula is C71H87N9O16. The van der Waals surface area contributed by atoms with Gasteiger partial charge in [-0.25, -0.2) is 0 Å². The molecule has 9 aliphatic rings. The van der Waals surface area contributed by atoms with E-state index >= 15 is 9.59 Å². The number of nitrogens with one attached hydrogen (secondary N) is 6. The molecule has 25 nitrogen and oxygen atoms in total. The van der Waals surface area contributed by atoms with Crippen LogP contribution in [0, 0.1) is 29.6 Å². The van der Waals surface area contributed by atoms with E-state index in [1.54, 1.807) is 12.1 Å².